The van der Waals surface area contributed by atoms with Crippen molar-refractivity contribution in [2.45, 2.75) is 52.1 Å². The van der Waals surface area contributed by atoms with Crippen LogP contribution in [0.3, 0.4) is 0 Å². The van der Waals surface area contributed by atoms with Gasteiger partial charge in [-0.2, -0.15) is 0 Å². The van der Waals surface area contributed by atoms with Crippen LogP contribution in [0.1, 0.15) is 46.0 Å². The number of carbonyl (C=O) groups is 2. The molecule has 0 radical (unpaired) electrons. The summed E-state index contributed by atoms with van der Waals surface area (Å²) in [5.74, 6) is -2.33. The van der Waals surface area contributed by atoms with Gasteiger partial charge in [0.25, 0.3) is 0 Å². The summed E-state index contributed by atoms with van der Waals surface area (Å²) in [7, 11) is 0. The molecule has 3 unspecified atom stereocenters. The molecule has 1 rings (SSSR count). The van der Waals surface area contributed by atoms with Crippen molar-refractivity contribution in [2.75, 3.05) is 19.8 Å². The first-order valence-electron chi connectivity index (χ1n) is 8.17. The van der Waals surface area contributed by atoms with Gasteiger partial charge >= 0.3 is 11.9 Å². The number of aliphatic hydroxyl groups is 2. The first-order valence-corrected chi connectivity index (χ1v) is 8.17. The standard InChI is InChI=1S/C16H28O6/c1-3-21-15(19)14(16(20)22-4-2)13-10-12(18)8-7-11(13)6-5-9-17/h11-14,17-18H,3-10H2,1-2H3. The molecule has 0 aromatic carbocycles. The number of esters is 2. The Morgan fingerprint density at radius 3 is 2.23 bits per heavy atom. The van der Waals surface area contributed by atoms with Crippen LogP contribution in [0, 0.1) is 17.8 Å². The lowest BCUT2D eigenvalue weighted by molar-refractivity contribution is -0.167. The quantitative estimate of drug-likeness (QED) is 0.517. The van der Waals surface area contributed by atoms with E-state index in [1.54, 1.807) is 13.8 Å². The summed E-state index contributed by atoms with van der Waals surface area (Å²) in [6.45, 7) is 3.87. The van der Waals surface area contributed by atoms with E-state index in [-0.39, 0.29) is 31.7 Å². The highest BCUT2D eigenvalue weighted by atomic mass is 16.6. The van der Waals surface area contributed by atoms with Crippen molar-refractivity contribution >= 4 is 11.9 Å². The molecular formula is C16H28O6. The third-order valence-electron chi connectivity index (χ3n) is 4.26. The molecule has 22 heavy (non-hydrogen) atoms. The van der Waals surface area contributed by atoms with Crippen LogP contribution in [-0.4, -0.2) is 48.1 Å². The van der Waals surface area contributed by atoms with Gasteiger partial charge in [0.1, 0.15) is 0 Å². The van der Waals surface area contributed by atoms with E-state index in [1.165, 1.54) is 0 Å². The highest BCUT2D eigenvalue weighted by molar-refractivity contribution is 5.95. The monoisotopic (exact) mass is 316 g/mol. The van der Waals surface area contributed by atoms with Crippen molar-refractivity contribution in [1.82, 2.24) is 0 Å². The number of hydrogen-bond donors (Lipinski definition) is 2. The Balaban J connectivity index is 2.94. The predicted octanol–water partition coefficient (Wildman–Crippen LogP) is 1.28. The Bertz CT molecular complexity index is 337. The summed E-state index contributed by atoms with van der Waals surface area (Å²) in [4.78, 5) is 24.5. The van der Waals surface area contributed by atoms with Crippen LogP contribution in [0.15, 0.2) is 0 Å². The third-order valence-corrected chi connectivity index (χ3v) is 4.26. The van der Waals surface area contributed by atoms with Gasteiger partial charge in [-0.1, -0.05) is 0 Å². The maximum atomic E-state index is 12.2. The van der Waals surface area contributed by atoms with E-state index in [9.17, 15) is 14.7 Å². The smallest absolute Gasteiger partial charge is 0.320 e. The Morgan fingerprint density at radius 2 is 1.73 bits per heavy atom. The molecule has 128 valence electrons. The summed E-state index contributed by atoms with van der Waals surface area (Å²) in [5, 5.41) is 19.0. The normalized spacial score (nSPS) is 25.0. The minimum Gasteiger partial charge on any atom is -0.465 e. The minimum atomic E-state index is -0.987. The van der Waals surface area contributed by atoms with E-state index >= 15 is 0 Å². The minimum absolute atomic E-state index is 0.0786. The number of ether oxygens (including phenoxy) is 2. The molecule has 3 atom stereocenters. The maximum Gasteiger partial charge on any atom is 0.320 e. The molecule has 0 aliphatic heterocycles. The van der Waals surface area contributed by atoms with E-state index in [0.29, 0.717) is 19.3 Å². The molecule has 6 nitrogen and oxygen atoms in total. The third kappa shape index (κ3) is 5.25. The van der Waals surface area contributed by atoms with E-state index in [2.05, 4.69) is 0 Å². The summed E-state index contributed by atoms with van der Waals surface area (Å²) in [6, 6.07) is 0. The van der Waals surface area contributed by atoms with Gasteiger partial charge in [-0.25, -0.2) is 0 Å². The van der Waals surface area contributed by atoms with Crippen molar-refractivity contribution < 1.29 is 29.3 Å². The van der Waals surface area contributed by atoms with E-state index in [0.717, 1.165) is 12.8 Å². The fourth-order valence-electron chi connectivity index (χ4n) is 3.28. The Kier molecular flexibility index (Phi) is 8.42. The lowest BCUT2D eigenvalue weighted by Crippen LogP contribution is -2.42. The molecule has 0 spiro atoms. The molecule has 0 heterocycles. The number of aliphatic hydroxyl groups excluding tert-OH is 2. The van der Waals surface area contributed by atoms with Gasteiger partial charge in [-0.15, -0.1) is 0 Å². The van der Waals surface area contributed by atoms with Crippen LogP contribution in [-0.2, 0) is 19.1 Å². The van der Waals surface area contributed by atoms with E-state index < -0.39 is 24.0 Å². The van der Waals surface area contributed by atoms with Gasteiger partial charge < -0.3 is 19.7 Å². The molecule has 1 saturated carbocycles. The predicted molar refractivity (Wildman–Crippen MR) is 79.9 cm³/mol. The van der Waals surface area contributed by atoms with Crippen LogP contribution in [0.5, 0.6) is 0 Å². The molecule has 0 amide bonds. The second-order valence-corrected chi connectivity index (χ2v) is 5.74. The largest absolute Gasteiger partial charge is 0.465 e. The van der Waals surface area contributed by atoms with Crippen molar-refractivity contribution in [3.8, 4) is 0 Å². The molecule has 1 aliphatic rings. The summed E-state index contributed by atoms with van der Waals surface area (Å²) < 4.78 is 10.1. The fourth-order valence-corrected chi connectivity index (χ4v) is 3.28. The maximum absolute atomic E-state index is 12.2. The molecule has 0 bridgehead atoms. The number of hydrogen-bond acceptors (Lipinski definition) is 6. The lowest BCUT2D eigenvalue weighted by Gasteiger charge is -2.37. The van der Waals surface area contributed by atoms with E-state index in [4.69, 9.17) is 14.6 Å². The molecule has 1 fully saturated rings. The van der Waals surface area contributed by atoms with Crippen LogP contribution in [0.4, 0.5) is 0 Å². The molecular weight excluding hydrogens is 288 g/mol. The van der Waals surface area contributed by atoms with Crippen LogP contribution in [0.2, 0.25) is 0 Å². The van der Waals surface area contributed by atoms with Gasteiger partial charge in [-0.3, -0.25) is 9.59 Å². The van der Waals surface area contributed by atoms with Crippen molar-refractivity contribution in [3.63, 3.8) is 0 Å². The van der Waals surface area contributed by atoms with Crippen LogP contribution >= 0.6 is 0 Å². The van der Waals surface area contributed by atoms with Crippen LogP contribution in [0.25, 0.3) is 0 Å². The van der Waals surface area contributed by atoms with Gasteiger partial charge in [0.2, 0.25) is 0 Å². The average molecular weight is 316 g/mol. The Morgan fingerprint density at radius 1 is 1.14 bits per heavy atom. The van der Waals surface area contributed by atoms with Gasteiger partial charge in [0.05, 0.1) is 19.3 Å². The zero-order valence-electron chi connectivity index (χ0n) is 13.5. The van der Waals surface area contributed by atoms with Crippen molar-refractivity contribution in [2.24, 2.45) is 17.8 Å². The number of rotatable bonds is 8. The Labute approximate surface area is 131 Å². The molecule has 0 saturated heterocycles. The molecule has 0 aromatic rings. The van der Waals surface area contributed by atoms with Gasteiger partial charge in [0, 0.05) is 6.61 Å². The summed E-state index contributed by atoms with van der Waals surface area (Å²) in [6.07, 6.45) is 2.62. The zero-order chi connectivity index (χ0) is 16.5. The van der Waals surface area contributed by atoms with Gasteiger partial charge in [-0.05, 0) is 57.8 Å². The molecule has 2 N–H and O–H groups in total. The molecule has 6 heteroatoms. The fraction of sp³-hybridized carbons (Fsp3) is 0.875. The topological polar surface area (TPSA) is 93.1 Å². The van der Waals surface area contributed by atoms with Gasteiger partial charge in [0.15, 0.2) is 5.92 Å². The summed E-state index contributed by atoms with van der Waals surface area (Å²) >= 11 is 0. The average Bonchev–Trinajstić information content (AvgIpc) is 2.47. The second kappa shape index (κ2) is 9.79. The molecule has 1 aliphatic carbocycles. The van der Waals surface area contributed by atoms with Crippen LogP contribution < -0.4 is 0 Å². The highest BCUT2D eigenvalue weighted by Gasteiger charge is 2.43. The lowest BCUT2D eigenvalue weighted by atomic mass is 9.69. The first kappa shape index (κ1) is 18.9. The molecule has 0 aromatic heterocycles. The second-order valence-electron chi connectivity index (χ2n) is 5.74. The van der Waals surface area contributed by atoms with Crippen molar-refractivity contribution in [1.29, 1.82) is 0 Å². The number of carbonyl (C=O) groups excluding carboxylic acids is 2. The highest BCUT2D eigenvalue weighted by Crippen LogP contribution is 2.39. The zero-order valence-corrected chi connectivity index (χ0v) is 13.5. The van der Waals surface area contributed by atoms with E-state index in [1.807, 2.05) is 0 Å². The summed E-state index contributed by atoms with van der Waals surface area (Å²) in [5.41, 5.74) is 0. The van der Waals surface area contributed by atoms with Crippen molar-refractivity contribution in [3.05, 3.63) is 0 Å². The SMILES string of the molecule is CCOC(=O)C(C(=O)OCC)C1CC(O)CCC1CCCO. The first-order chi connectivity index (χ1) is 10.5. The Hall–Kier alpha value is -1.14.